The Morgan fingerprint density at radius 2 is 1.86 bits per heavy atom. The Hall–Kier alpha value is -0.840. The van der Waals surface area contributed by atoms with Crippen LogP contribution in [0.15, 0.2) is 12.1 Å². The summed E-state index contributed by atoms with van der Waals surface area (Å²) in [5, 5.41) is 21.5. The maximum absolute atomic E-state index is 14.5. The summed E-state index contributed by atoms with van der Waals surface area (Å²) in [5.74, 6) is 1.16. The molecule has 0 aromatic heterocycles. The van der Waals surface area contributed by atoms with Crippen LogP contribution in [0.5, 0.6) is 5.75 Å². The van der Waals surface area contributed by atoms with Crippen molar-refractivity contribution in [1.82, 2.24) is 0 Å². The van der Waals surface area contributed by atoms with Crippen LogP contribution in [0.25, 0.3) is 0 Å². The fourth-order valence-corrected chi connectivity index (χ4v) is 5.74. The van der Waals surface area contributed by atoms with Crippen LogP contribution < -0.4 is 4.74 Å². The van der Waals surface area contributed by atoms with Gasteiger partial charge in [-0.15, -0.1) is 0 Å². The van der Waals surface area contributed by atoms with Crippen molar-refractivity contribution in [2.24, 2.45) is 17.8 Å². The van der Waals surface area contributed by atoms with Crippen molar-refractivity contribution in [3.8, 4) is 5.75 Å². The van der Waals surface area contributed by atoms with Gasteiger partial charge in [0.2, 0.25) is 0 Å². The summed E-state index contributed by atoms with van der Waals surface area (Å²) in [7, 11) is 0. The highest BCUT2D eigenvalue weighted by Gasteiger charge is 2.41. The maximum atomic E-state index is 14.5. The summed E-state index contributed by atoms with van der Waals surface area (Å²) in [6.45, 7) is 4.34. The van der Waals surface area contributed by atoms with Crippen LogP contribution in [0.4, 0.5) is 4.39 Å². The summed E-state index contributed by atoms with van der Waals surface area (Å²) in [6, 6.07) is 3.28. The Balaban J connectivity index is 1.67. The lowest BCUT2D eigenvalue weighted by Crippen LogP contribution is -2.37. The van der Waals surface area contributed by atoms with E-state index in [0.29, 0.717) is 42.8 Å². The molecule has 0 heterocycles. The molecular weight excluding hydrogens is 379 g/mol. The van der Waals surface area contributed by atoms with Crippen molar-refractivity contribution in [2.45, 2.75) is 83.3 Å². The molecule has 3 rings (SSSR count). The number of hydrogen-bond donors (Lipinski definition) is 2. The second-order valence-corrected chi connectivity index (χ2v) is 9.11. The fourth-order valence-electron chi connectivity index (χ4n) is 5.41. The highest BCUT2D eigenvalue weighted by Crippen LogP contribution is 2.48. The molecule has 3 unspecified atom stereocenters. The molecule has 0 saturated heterocycles. The lowest BCUT2D eigenvalue weighted by atomic mass is 9.65. The molecule has 0 aliphatic heterocycles. The summed E-state index contributed by atoms with van der Waals surface area (Å²) in [5.41, 5.74) is -0.590. The van der Waals surface area contributed by atoms with Gasteiger partial charge in [-0.1, -0.05) is 31.0 Å². The van der Waals surface area contributed by atoms with E-state index in [-0.39, 0.29) is 16.9 Å². The molecule has 1 aromatic rings. The third kappa shape index (κ3) is 4.49. The predicted octanol–water partition coefficient (Wildman–Crippen LogP) is 5.83. The third-order valence-electron chi connectivity index (χ3n) is 7.01. The van der Waals surface area contributed by atoms with E-state index < -0.39 is 11.4 Å². The molecule has 0 radical (unpaired) electrons. The smallest absolute Gasteiger partial charge is 0.183 e. The largest absolute Gasteiger partial charge is 0.491 e. The highest BCUT2D eigenvalue weighted by atomic mass is 35.5. The molecule has 0 amide bonds. The first-order valence-electron chi connectivity index (χ1n) is 10.9. The van der Waals surface area contributed by atoms with Gasteiger partial charge in [-0.25, -0.2) is 4.39 Å². The van der Waals surface area contributed by atoms with Crippen molar-refractivity contribution < 1.29 is 19.3 Å². The molecule has 2 aliphatic carbocycles. The molecule has 2 saturated carbocycles. The molecule has 2 aliphatic rings. The van der Waals surface area contributed by atoms with E-state index in [4.69, 9.17) is 16.3 Å². The number of aliphatic hydroxyl groups excluding tert-OH is 1. The molecule has 2 N–H and O–H groups in total. The number of aliphatic hydroxyl groups is 2. The molecular formula is C23H34ClFO3. The topological polar surface area (TPSA) is 49.7 Å². The van der Waals surface area contributed by atoms with Gasteiger partial charge in [0.05, 0.1) is 23.3 Å². The van der Waals surface area contributed by atoms with E-state index in [1.54, 1.807) is 19.1 Å². The fraction of sp³-hybridized carbons (Fsp3) is 0.739. The molecule has 2 fully saturated rings. The molecule has 3 nitrogen and oxygen atoms in total. The zero-order chi connectivity index (χ0) is 20.3. The number of ether oxygens (including phenoxy) is 1. The van der Waals surface area contributed by atoms with Crippen molar-refractivity contribution in [2.75, 3.05) is 6.61 Å². The first kappa shape index (κ1) is 21.9. The SMILES string of the molecule is CCCC1CC(C2CCC(O)(c3ccc(OCC)c(F)c3Cl)CC2)CCC1O. The summed E-state index contributed by atoms with van der Waals surface area (Å²) in [6.07, 6.45) is 8.15. The summed E-state index contributed by atoms with van der Waals surface area (Å²) in [4.78, 5) is 0. The van der Waals surface area contributed by atoms with E-state index in [1.807, 2.05) is 0 Å². The van der Waals surface area contributed by atoms with Crippen molar-refractivity contribution in [3.63, 3.8) is 0 Å². The number of hydrogen-bond acceptors (Lipinski definition) is 3. The average molecular weight is 413 g/mol. The summed E-state index contributed by atoms with van der Waals surface area (Å²) >= 11 is 6.27. The minimum Gasteiger partial charge on any atom is -0.491 e. The number of halogens is 2. The van der Waals surface area contributed by atoms with Crippen LogP contribution in [0.2, 0.25) is 5.02 Å². The highest BCUT2D eigenvalue weighted by molar-refractivity contribution is 6.31. The molecule has 5 heteroatoms. The quantitative estimate of drug-likeness (QED) is 0.617. The second kappa shape index (κ2) is 9.32. The van der Waals surface area contributed by atoms with Gasteiger partial charge in [0.25, 0.3) is 0 Å². The van der Waals surface area contributed by atoms with E-state index in [2.05, 4.69) is 6.92 Å². The van der Waals surface area contributed by atoms with Crippen molar-refractivity contribution >= 4 is 11.6 Å². The van der Waals surface area contributed by atoms with Crippen LogP contribution in [0.3, 0.4) is 0 Å². The molecule has 28 heavy (non-hydrogen) atoms. The van der Waals surface area contributed by atoms with Crippen LogP contribution in [-0.2, 0) is 5.60 Å². The summed E-state index contributed by atoms with van der Waals surface area (Å²) < 4.78 is 19.8. The predicted molar refractivity (Wildman–Crippen MR) is 110 cm³/mol. The normalized spacial score (nSPS) is 33.6. The van der Waals surface area contributed by atoms with Crippen molar-refractivity contribution in [3.05, 3.63) is 28.5 Å². The monoisotopic (exact) mass is 412 g/mol. The zero-order valence-electron chi connectivity index (χ0n) is 17.1. The maximum Gasteiger partial charge on any atom is 0.183 e. The van der Waals surface area contributed by atoms with E-state index in [0.717, 1.165) is 44.9 Å². The van der Waals surface area contributed by atoms with Gasteiger partial charge in [0.15, 0.2) is 11.6 Å². The lowest BCUT2D eigenvalue weighted by molar-refractivity contribution is -0.0363. The average Bonchev–Trinajstić information content (AvgIpc) is 2.68. The Morgan fingerprint density at radius 1 is 1.14 bits per heavy atom. The van der Waals surface area contributed by atoms with Gasteiger partial charge in [-0.2, -0.15) is 0 Å². The molecule has 1 aromatic carbocycles. The lowest BCUT2D eigenvalue weighted by Gasteiger charge is -2.43. The zero-order valence-corrected chi connectivity index (χ0v) is 17.8. The van der Waals surface area contributed by atoms with Gasteiger partial charge in [-0.3, -0.25) is 0 Å². The molecule has 158 valence electrons. The van der Waals surface area contributed by atoms with E-state index in [9.17, 15) is 14.6 Å². The number of rotatable bonds is 6. The Bertz CT molecular complexity index is 657. The van der Waals surface area contributed by atoms with Gasteiger partial charge < -0.3 is 14.9 Å². The molecule has 0 bridgehead atoms. The van der Waals surface area contributed by atoms with E-state index in [1.165, 1.54) is 0 Å². The Morgan fingerprint density at radius 3 is 2.50 bits per heavy atom. The molecule has 3 atom stereocenters. The van der Waals surface area contributed by atoms with Gasteiger partial charge >= 0.3 is 0 Å². The van der Waals surface area contributed by atoms with Crippen LogP contribution in [0, 0.1) is 23.6 Å². The number of benzene rings is 1. The minimum absolute atomic E-state index is 0.0179. The Kier molecular flexibility index (Phi) is 7.27. The first-order valence-corrected chi connectivity index (χ1v) is 11.3. The van der Waals surface area contributed by atoms with Gasteiger partial charge in [0, 0.05) is 5.56 Å². The second-order valence-electron chi connectivity index (χ2n) is 8.73. The van der Waals surface area contributed by atoms with Crippen molar-refractivity contribution in [1.29, 1.82) is 0 Å². The van der Waals surface area contributed by atoms with Gasteiger partial charge in [0.1, 0.15) is 0 Å². The van der Waals surface area contributed by atoms with E-state index >= 15 is 0 Å². The Labute approximate surface area is 173 Å². The van der Waals surface area contributed by atoms with Crippen LogP contribution in [0.1, 0.15) is 77.2 Å². The van der Waals surface area contributed by atoms with Crippen LogP contribution in [-0.4, -0.2) is 22.9 Å². The molecule has 0 spiro atoms. The minimum atomic E-state index is -1.07. The standard InChI is InChI=1S/C23H34ClFO3/c1-3-5-17-14-16(6-8-19(17)26)15-10-12-23(27,13-11-15)18-7-9-20(28-4-2)22(25)21(18)24/h7,9,15-17,19,26-27H,3-6,8,10-14H2,1-2H3. The first-order chi connectivity index (χ1) is 13.4. The van der Waals surface area contributed by atoms with Crippen LogP contribution >= 0.6 is 11.6 Å². The third-order valence-corrected chi connectivity index (χ3v) is 7.38. The van der Waals surface area contributed by atoms with Gasteiger partial charge in [-0.05, 0) is 82.1 Å².